The second-order valence-electron chi connectivity index (χ2n) is 3.56. The summed E-state index contributed by atoms with van der Waals surface area (Å²) in [6, 6.07) is 1.38. The SMILES string of the molecule is CCOC(=O)C(=O)c1cc(OC)c(OC)c(Br)c1OC. The van der Waals surface area contributed by atoms with Crippen LogP contribution in [0.5, 0.6) is 17.2 Å². The first-order valence-corrected chi connectivity index (χ1v) is 6.50. The fraction of sp³-hybridized carbons (Fsp3) is 0.385. The largest absolute Gasteiger partial charge is 0.495 e. The highest BCUT2D eigenvalue weighted by atomic mass is 79.9. The Morgan fingerprint density at radius 1 is 1.10 bits per heavy atom. The molecule has 1 aromatic rings. The van der Waals surface area contributed by atoms with Crippen molar-refractivity contribution in [1.82, 2.24) is 0 Å². The van der Waals surface area contributed by atoms with Gasteiger partial charge in [-0.25, -0.2) is 4.79 Å². The zero-order chi connectivity index (χ0) is 15.3. The van der Waals surface area contributed by atoms with Gasteiger partial charge < -0.3 is 18.9 Å². The van der Waals surface area contributed by atoms with Crippen LogP contribution in [0.3, 0.4) is 0 Å². The molecule has 0 aliphatic heterocycles. The molecule has 20 heavy (non-hydrogen) atoms. The van der Waals surface area contributed by atoms with Gasteiger partial charge in [0, 0.05) is 0 Å². The van der Waals surface area contributed by atoms with Crippen LogP contribution in [0, 0.1) is 0 Å². The Morgan fingerprint density at radius 3 is 2.15 bits per heavy atom. The Labute approximate surface area is 125 Å². The first-order chi connectivity index (χ1) is 9.51. The van der Waals surface area contributed by atoms with E-state index in [-0.39, 0.29) is 17.9 Å². The van der Waals surface area contributed by atoms with Gasteiger partial charge in [-0.3, -0.25) is 4.79 Å². The summed E-state index contributed by atoms with van der Waals surface area (Å²) >= 11 is 3.27. The van der Waals surface area contributed by atoms with E-state index in [1.54, 1.807) is 6.92 Å². The predicted octanol–water partition coefficient (Wildman–Crippen LogP) is 2.22. The molecule has 0 heterocycles. The van der Waals surface area contributed by atoms with Gasteiger partial charge in [0.15, 0.2) is 11.5 Å². The lowest BCUT2D eigenvalue weighted by Crippen LogP contribution is -2.18. The third-order valence-corrected chi connectivity index (χ3v) is 3.20. The number of methoxy groups -OCH3 is 3. The van der Waals surface area contributed by atoms with Crippen LogP contribution in [0.25, 0.3) is 0 Å². The molecule has 0 aliphatic carbocycles. The van der Waals surface area contributed by atoms with Gasteiger partial charge in [-0.1, -0.05) is 0 Å². The van der Waals surface area contributed by atoms with E-state index in [9.17, 15) is 9.59 Å². The molecule has 0 aliphatic rings. The van der Waals surface area contributed by atoms with E-state index in [2.05, 4.69) is 15.9 Å². The van der Waals surface area contributed by atoms with Gasteiger partial charge in [0.05, 0.1) is 33.5 Å². The van der Waals surface area contributed by atoms with Crippen molar-refractivity contribution in [3.8, 4) is 17.2 Å². The molecular formula is C13H15BrO6. The van der Waals surface area contributed by atoms with E-state index >= 15 is 0 Å². The average molecular weight is 347 g/mol. The van der Waals surface area contributed by atoms with Crippen molar-refractivity contribution in [2.24, 2.45) is 0 Å². The van der Waals surface area contributed by atoms with Crippen LogP contribution in [0.2, 0.25) is 0 Å². The van der Waals surface area contributed by atoms with Gasteiger partial charge >= 0.3 is 5.97 Å². The zero-order valence-electron chi connectivity index (χ0n) is 11.6. The Hall–Kier alpha value is -1.76. The van der Waals surface area contributed by atoms with Crippen LogP contribution >= 0.6 is 15.9 Å². The summed E-state index contributed by atoms with van der Waals surface area (Å²) in [4.78, 5) is 23.6. The quantitative estimate of drug-likeness (QED) is 0.446. The molecule has 0 aromatic heterocycles. The third-order valence-electron chi connectivity index (χ3n) is 2.48. The van der Waals surface area contributed by atoms with Crippen molar-refractivity contribution in [2.45, 2.75) is 6.92 Å². The molecule has 0 saturated carbocycles. The summed E-state index contributed by atoms with van der Waals surface area (Å²) < 4.78 is 20.5. The number of hydrogen-bond acceptors (Lipinski definition) is 6. The lowest BCUT2D eigenvalue weighted by Gasteiger charge is -2.15. The number of carbonyl (C=O) groups is 2. The van der Waals surface area contributed by atoms with Crippen molar-refractivity contribution in [2.75, 3.05) is 27.9 Å². The number of Topliss-reactive ketones (excluding diaryl/α,β-unsaturated/α-hetero) is 1. The van der Waals surface area contributed by atoms with Gasteiger partial charge in [-0.05, 0) is 28.9 Å². The summed E-state index contributed by atoms with van der Waals surface area (Å²) in [6.45, 7) is 1.73. The molecule has 110 valence electrons. The molecule has 0 N–H and O–H groups in total. The van der Waals surface area contributed by atoms with Crippen LogP contribution in [-0.4, -0.2) is 39.7 Å². The van der Waals surface area contributed by atoms with Gasteiger partial charge in [-0.15, -0.1) is 0 Å². The number of halogens is 1. The average Bonchev–Trinajstić information content (AvgIpc) is 2.45. The third kappa shape index (κ3) is 3.04. The summed E-state index contributed by atoms with van der Waals surface area (Å²) in [5, 5.41) is 0. The Morgan fingerprint density at radius 2 is 1.70 bits per heavy atom. The van der Waals surface area contributed by atoms with Crippen LogP contribution in [0.15, 0.2) is 10.5 Å². The van der Waals surface area contributed by atoms with E-state index in [1.165, 1.54) is 27.4 Å². The van der Waals surface area contributed by atoms with E-state index in [0.29, 0.717) is 16.0 Å². The molecule has 6 nitrogen and oxygen atoms in total. The highest BCUT2D eigenvalue weighted by Crippen LogP contribution is 2.44. The maximum absolute atomic E-state index is 12.1. The monoisotopic (exact) mass is 346 g/mol. The van der Waals surface area contributed by atoms with Crippen LogP contribution in [0.1, 0.15) is 17.3 Å². The topological polar surface area (TPSA) is 71.1 Å². The van der Waals surface area contributed by atoms with E-state index < -0.39 is 11.8 Å². The molecule has 0 spiro atoms. The van der Waals surface area contributed by atoms with Crippen molar-refractivity contribution in [1.29, 1.82) is 0 Å². The van der Waals surface area contributed by atoms with Crippen LogP contribution in [-0.2, 0) is 9.53 Å². The first-order valence-electron chi connectivity index (χ1n) is 5.71. The molecule has 1 rings (SSSR count). The summed E-state index contributed by atoms with van der Waals surface area (Å²) in [7, 11) is 4.26. The minimum absolute atomic E-state index is 0.0375. The second-order valence-corrected chi connectivity index (χ2v) is 4.35. The number of ketones is 1. The molecular weight excluding hydrogens is 332 g/mol. The number of hydrogen-bond donors (Lipinski definition) is 0. The van der Waals surface area contributed by atoms with E-state index in [0.717, 1.165) is 0 Å². The molecule has 0 fully saturated rings. The minimum Gasteiger partial charge on any atom is -0.495 e. The lowest BCUT2D eigenvalue weighted by atomic mass is 10.1. The molecule has 0 unspecified atom stereocenters. The number of ether oxygens (including phenoxy) is 4. The van der Waals surface area contributed by atoms with Gasteiger partial charge in [0.25, 0.3) is 5.78 Å². The Kier molecular flexibility index (Phi) is 5.82. The predicted molar refractivity (Wildman–Crippen MR) is 74.8 cm³/mol. The minimum atomic E-state index is -0.954. The second kappa shape index (κ2) is 7.14. The Balaban J connectivity index is 3.42. The zero-order valence-corrected chi connectivity index (χ0v) is 13.2. The summed E-state index contributed by atoms with van der Waals surface area (Å²) in [6.07, 6.45) is 0. The molecule has 0 atom stereocenters. The smallest absolute Gasteiger partial charge is 0.379 e. The fourth-order valence-corrected chi connectivity index (χ4v) is 2.34. The first kappa shape index (κ1) is 16.3. The van der Waals surface area contributed by atoms with Crippen molar-refractivity contribution in [3.63, 3.8) is 0 Å². The molecule has 1 aromatic carbocycles. The van der Waals surface area contributed by atoms with E-state index in [1.807, 2.05) is 0 Å². The van der Waals surface area contributed by atoms with Gasteiger partial charge in [0.1, 0.15) is 10.2 Å². The highest BCUT2D eigenvalue weighted by Gasteiger charge is 2.27. The standard InChI is InChI=1S/C13H15BrO6/c1-5-20-13(16)10(15)7-6-8(17-2)12(19-4)9(14)11(7)18-3/h6H,5H2,1-4H3. The van der Waals surface area contributed by atoms with Crippen molar-refractivity contribution < 1.29 is 28.5 Å². The van der Waals surface area contributed by atoms with Crippen LogP contribution in [0.4, 0.5) is 0 Å². The maximum atomic E-state index is 12.1. The normalized spacial score (nSPS) is 9.85. The molecule has 7 heteroatoms. The number of rotatable bonds is 6. The number of esters is 1. The highest BCUT2D eigenvalue weighted by molar-refractivity contribution is 9.10. The molecule has 0 amide bonds. The van der Waals surface area contributed by atoms with Gasteiger partial charge in [0.2, 0.25) is 0 Å². The molecule has 0 radical (unpaired) electrons. The number of benzene rings is 1. The molecule has 0 saturated heterocycles. The lowest BCUT2D eigenvalue weighted by molar-refractivity contribution is -0.137. The van der Waals surface area contributed by atoms with Crippen molar-refractivity contribution >= 4 is 27.7 Å². The van der Waals surface area contributed by atoms with Crippen molar-refractivity contribution in [3.05, 3.63) is 16.1 Å². The summed E-state index contributed by atoms with van der Waals surface area (Å²) in [5.74, 6) is -0.923. The number of carbonyl (C=O) groups excluding carboxylic acids is 2. The van der Waals surface area contributed by atoms with Crippen LogP contribution < -0.4 is 14.2 Å². The van der Waals surface area contributed by atoms with E-state index in [4.69, 9.17) is 18.9 Å². The maximum Gasteiger partial charge on any atom is 0.379 e. The molecule has 0 bridgehead atoms. The fourth-order valence-electron chi connectivity index (χ4n) is 1.61. The Bertz CT molecular complexity index is 526. The summed E-state index contributed by atoms with van der Waals surface area (Å²) in [5.41, 5.74) is 0.0375. The van der Waals surface area contributed by atoms with Gasteiger partial charge in [-0.2, -0.15) is 0 Å².